The first-order valence-electron chi connectivity index (χ1n) is 9.52. The Balaban J connectivity index is 5.00. The number of hydrogen-bond acceptors (Lipinski definition) is 8. The smallest absolute Gasteiger partial charge is 0.220 e. The second-order valence-corrected chi connectivity index (χ2v) is 8.20. The van der Waals surface area contributed by atoms with Gasteiger partial charge in [-0.1, -0.05) is 10.3 Å². The molecule has 0 aliphatic heterocycles. The molecule has 9 nitrogen and oxygen atoms in total. The van der Waals surface area contributed by atoms with Gasteiger partial charge in [0.05, 0.1) is 28.5 Å². The Bertz CT molecular complexity index is 551. The summed E-state index contributed by atoms with van der Waals surface area (Å²) in [6, 6.07) is -0.263. The highest BCUT2D eigenvalue weighted by molar-refractivity contribution is 5.90. The van der Waals surface area contributed by atoms with Gasteiger partial charge in [-0.15, -0.1) is 0 Å². The molecule has 0 atom stereocenters. The molecule has 0 aromatic carbocycles. The van der Waals surface area contributed by atoms with Gasteiger partial charge in [0.2, 0.25) is 5.91 Å². The van der Waals surface area contributed by atoms with Crippen LogP contribution in [0.3, 0.4) is 0 Å². The lowest BCUT2D eigenvalue weighted by atomic mass is 9.98. The number of carbonyl (C=O) groups is 2. The summed E-state index contributed by atoms with van der Waals surface area (Å²) in [5.41, 5.74) is -0.0551. The fraction of sp³-hybridized carbons (Fsp3) is 0.789. The fourth-order valence-corrected chi connectivity index (χ4v) is 2.23. The SMILES string of the molecule is CC(=O)CCCC(=O)NC(CNC(C)(C)/C(C)=N/O)CNC(C)(C)/C(C)=N/O. The van der Waals surface area contributed by atoms with E-state index in [0.717, 1.165) is 0 Å². The van der Waals surface area contributed by atoms with E-state index in [0.29, 0.717) is 37.4 Å². The van der Waals surface area contributed by atoms with Crippen LogP contribution < -0.4 is 16.0 Å². The van der Waals surface area contributed by atoms with Crippen molar-refractivity contribution in [3.63, 3.8) is 0 Å². The Morgan fingerprint density at radius 3 is 1.64 bits per heavy atom. The number of rotatable bonds is 13. The van der Waals surface area contributed by atoms with Crippen molar-refractivity contribution < 1.29 is 20.0 Å². The predicted molar refractivity (Wildman–Crippen MR) is 110 cm³/mol. The van der Waals surface area contributed by atoms with Gasteiger partial charge in [-0.3, -0.25) is 4.79 Å². The van der Waals surface area contributed by atoms with Crippen molar-refractivity contribution in [2.75, 3.05) is 13.1 Å². The first kappa shape index (κ1) is 26.0. The van der Waals surface area contributed by atoms with Crippen LogP contribution in [-0.4, -0.2) is 63.7 Å². The third-order valence-corrected chi connectivity index (χ3v) is 4.99. The van der Waals surface area contributed by atoms with E-state index in [1.807, 2.05) is 27.7 Å². The van der Waals surface area contributed by atoms with Crippen molar-refractivity contribution in [2.45, 2.75) is 84.8 Å². The molecule has 0 aliphatic rings. The summed E-state index contributed by atoms with van der Waals surface area (Å²) in [5.74, 6) is -0.0701. The maximum Gasteiger partial charge on any atom is 0.220 e. The molecule has 0 rings (SSSR count). The second-order valence-electron chi connectivity index (χ2n) is 8.20. The van der Waals surface area contributed by atoms with E-state index in [9.17, 15) is 9.59 Å². The molecule has 0 aromatic heterocycles. The molecule has 0 fully saturated rings. The van der Waals surface area contributed by atoms with Crippen LogP contribution in [0.15, 0.2) is 10.3 Å². The zero-order valence-electron chi connectivity index (χ0n) is 18.2. The molecule has 5 N–H and O–H groups in total. The van der Waals surface area contributed by atoms with Gasteiger partial charge in [0.1, 0.15) is 5.78 Å². The average molecular weight is 400 g/mol. The molecule has 0 spiro atoms. The van der Waals surface area contributed by atoms with Crippen LogP contribution in [0.4, 0.5) is 0 Å². The average Bonchev–Trinajstić information content (AvgIpc) is 2.61. The van der Waals surface area contributed by atoms with Gasteiger partial charge in [0, 0.05) is 25.9 Å². The number of carbonyl (C=O) groups excluding carboxylic acids is 2. The highest BCUT2D eigenvalue weighted by Crippen LogP contribution is 2.08. The van der Waals surface area contributed by atoms with E-state index in [4.69, 9.17) is 10.4 Å². The largest absolute Gasteiger partial charge is 0.411 e. The molecule has 1 amide bonds. The summed E-state index contributed by atoms with van der Waals surface area (Å²) in [4.78, 5) is 23.3. The second kappa shape index (κ2) is 11.8. The summed E-state index contributed by atoms with van der Waals surface area (Å²) in [5, 5.41) is 34.1. The summed E-state index contributed by atoms with van der Waals surface area (Å²) < 4.78 is 0. The maximum absolute atomic E-state index is 12.3. The molecule has 0 radical (unpaired) electrons. The molecule has 0 heterocycles. The Labute approximate surface area is 168 Å². The van der Waals surface area contributed by atoms with Gasteiger partial charge in [-0.2, -0.15) is 0 Å². The van der Waals surface area contributed by atoms with Gasteiger partial charge in [0.25, 0.3) is 0 Å². The Kier molecular flexibility index (Phi) is 10.9. The number of nitrogens with zero attached hydrogens (tertiary/aromatic N) is 2. The van der Waals surface area contributed by atoms with Gasteiger partial charge in [-0.25, -0.2) is 0 Å². The lowest BCUT2D eigenvalue weighted by molar-refractivity contribution is -0.122. The number of oxime groups is 2. The maximum atomic E-state index is 12.3. The van der Waals surface area contributed by atoms with E-state index >= 15 is 0 Å². The van der Waals surface area contributed by atoms with E-state index < -0.39 is 11.1 Å². The van der Waals surface area contributed by atoms with Crippen molar-refractivity contribution in [1.82, 2.24) is 16.0 Å². The van der Waals surface area contributed by atoms with Crippen LogP contribution in [0.25, 0.3) is 0 Å². The number of ketones is 1. The van der Waals surface area contributed by atoms with Crippen molar-refractivity contribution in [3.05, 3.63) is 0 Å². The number of hydrogen-bond donors (Lipinski definition) is 5. The molecule has 0 saturated carbocycles. The van der Waals surface area contributed by atoms with Crippen molar-refractivity contribution in [2.24, 2.45) is 10.3 Å². The molecule has 0 saturated heterocycles. The van der Waals surface area contributed by atoms with Crippen molar-refractivity contribution in [3.8, 4) is 0 Å². The number of Topliss-reactive ketones (excluding diaryl/α,β-unsaturated/α-hetero) is 1. The van der Waals surface area contributed by atoms with Gasteiger partial charge in [-0.05, 0) is 54.9 Å². The van der Waals surface area contributed by atoms with Crippen LogP contribution in [-0.2, 0) is 9.59 Å². The molecular formula is C19H37N5O4. The molecule has 0 aromatic rings. The van der Waals surface area contributed by atoms with Crippen molar-refractivity contribution >= 4 is 23.1 Å². The molecule has 0 bridgehead atoms. The number of nitrogens with one attached hydrogen (secondary N) is 3. The lowest BCUT2D eigenvalue weighted by Crippen LogP contribution is -2.57. The minimum absolute atomic E-state index is 0.0636. The first-order chi connectivity index (χ1) is 12.9. The minimum Gasteiger partial charge on any atom is -0.411 e. The highest BCUT2D eigenvalue weighted by atomic mass is 16.4. The first-order valence-corrected chi connectivity index (χ1v) is 9.52. The lowest BCUT2D eigenvalue weighted by Gasteiger charge is -2.32. The van der Waals surface area contributed by atoms with Crippen LogP contribution in [0, 0.1) is 0 Å². The molecule has 0 aliphatic carbocycles. The third-order valence-electron chi connectivity index (χ3n) is 4.99. The molecule has 162 valence electrons. The third kappa shape index (κ3) is 9.80. The molecular weight excluding hydrogens is 362 g/mol. The topological polar surface area (TPSA) is 135 Å². The van der Waals surface area contributed by atoms with Crippen molar-refractivity contribution in [1.29, 1.82) is 0 Å². The zero-order valence-corrected chi connectivity index (χ0v) is 18.2. The normalized spacial score (nSPS) is 13.7. The molecule has 0 unspecified atom stereocenters. The predicted octanol–water partition coefficient (Wildman–Crippen LogP) is 1.67. The number of amides is 1. The van der Waals surface area contributed by atoms with E-state index in [2.05, 4.69) is 26.3 Å². The summed E-state index contributed by atoms with van der Waals surface area (Å²) in [6.45, 7) is 13.3. The van der Waals surface area contributed by atoms with Crippen LogP contribution in [0.2, 0.25) is 0 Å². The Morgan fingerprint density at radius 1 is 0.857 bits per heavy atom. The zero-order chi connectivity index (χ0) is 22.0. The van der Waals surface area contributed by atoms with Gasteiger partial charge in [0.15, 0.2) is 0 Å². The molecule has 28 heavy (non-hydrogen) atoms. The van der Waals surface area contributed by atoms with E-state index in [1.165, 1.54) is 6.92 Å². The van der Waals surface area contributed by atoms with Gasteiger partial charge < -0.3 is 31.2 Å². The van der Waals surface area contributed by atoms with Crippen LogP contribution in [0.1, 0.15) is 67.7 Å². The van der Waals surface area contributed by atoms with Crippen LogP contribution in [0.5, 0.6) is 0 Å². The van der Waals surface area contributed by atoms with E-state index in [1.54, 1.807) is 13.8 Å². The summed E-state index contributed by atoms with van der Waals surface area (Å²) in [6.07, 6.45) is 1.17. The quantitative estimate of drug-likeness (QED) is 0.182. The van der Waals surface area contributed by atoms with Crippen LogP contribution >= 0.6 is 0 Å². The standard InChI is InChI=1S/C19H37N5O4/c1-13(25)9-8-10-17(26)22-16(11-20-18(4,5)14(2)23-27)12-21-19(6,7)15(3)24-28/h16,20-21,27-28H,8-12H2,1-7H3,(H,22,26)/b23-14+,24-15+. The minimum atomic E-state index is -0.551. The van der Waals surface area contributed by atoms with Gasteiger partial charge >= 0.3 is 0 Å². The van der Waals surface area contributed by atoms with E-state index in [-0.39, 0.29) is 24.2 Å². The monoisotopic (exact) mass is 399 g/mol. The summed E-state index contributed by atoms with van der Waals surface area (Å²) in [7, 11) is 0. The molecule has 9 heteroatoms. The fourth-order valence-electron chi connectivity index (χ4n) is 2.23. The highest BCUT2D eigenvalue weighted by Gasteiger charge is 2.26. The Morgan fingerprint density at radius 2 is 1.29 bits per heavy atom. The Hall–Kier alpha value is -2.00. The summed E-state index contributed by atoms with van der Waals surface area (Å²) >= 11 is 0.